The summed E-state index contributed by atoms with van der Waals surface area (Å²) in [4.78, 5) is 15.3. The summed E-state index contributed by atoms with van der Waals surface area (Å²) < 4.78 is 6.66. The minimum atomic E-state index is 0.165. The van der Waals surface area contributed by atoms with Crippen molar-refractivity contribution < 1.29 is 9.53 Å². The van der Waals surface area contributed by atoms with Gasteiger partial charge in [0.15, 0.2) is 0 Å². The van der Waals surface area contributed by atoms with E-state index in [1.165, 1.54) is 4.21 Å². The summed E-state index contributed by atoms with van der Waals surface area (Å²) in [5, 5.41) is 0. The average molecular weight is 285 g/mol. The maximum Gasteiger partial charge on any atom is 0.264 e. The fraction of sp³-hybridized carbons (Fsp3) is 0.615. The number of thiophene rings is 1. The van der Waals surface area contributed by atoms with Crippen LogP contribution in [0.4, 0.5) is 0 Å². The smallest absolute Gasteiger partial charge is 0.264 e. The molecule has 1 aliphatic heterocycles. The maximum absolute atomic E-state index is 12.5. The fourth-order valence-electron chi connectivity index (χ4n) is 2.06. The van der Waals surface area contributed by atoms with E-state index in [-0.39, 0.29) is 11.9 Å². The predicted molar refractivity (Wildman–Crippen MR) is 76.7 cm³/mol. The summed E-state index contributed by atoms with van der Waals surface area (Å²) in [5.41, 5.74) is 0. The minimum Gasteiger partial charge on any atom is -0.377 e. The molecule has 1 fully saturated rings. The van der Waals surface area contributed by atoms with Crippen molar-refractivity contribution >= 4 is 29.0 Å². The lowest BCUT2D eigenvalue weighted by Gasteiger charge is -2.34. The summed E-state index contributed by atoms with van der Waals surface area (Å²) in [7, 11) is 0. The van der Waals surface area contributed by atoms with E-state index >= 15 is 0 Å². The van der Waals surface area contributed by atoms with Gasteiger partial charge in [0, 0.05) is 6.54 Å². The summed E-state index contributed by atoms with van der Waals surface area (Å²) in [6.07, 6.45) is 0.952. The Kier molecular flexibility index (Phi) is 5.09. The zero-order chi connectivity index (χ0) is 13.0. The van der Waals surface area contributed by atoms with Gasteiger partial charge in [0.05, 0.1) is 28.3 Å². The number of ether oxygens (including phenoxy) is 1. The van der Waals surface area contributed by atoms with Crippen LogP contribution in [0, 0.1) is 0 Å². The lowest BCUT2D eigenvalue weighted by atomic mass is 10.1. The summed E-state index contributed by atoms with van der Waals surface area (Å²) in [6, 6.07) is 4.23. The van der Waals surface area contributed by atoms with E-state index in [4.69, 9.17) is 4.74 Å². The second kappa shape index (κ2) is 6.59. The molecule has 1 aromatic rings. The van der Waals surface area contributed by atoms with E-state index in [0.29, 0.717) is 19.8 Å². The van der Waals surface area contributed by atoms with E-state index in [1.807, 2.05) is 17.0 Å². The van der Waals surface area contributed by atoms with Crippen LogP contribution in [0.5, 0.6) is 0 Å². The number of carbonyl (C=O) groups is 1. The molecule has 1 atom stereocenters. The van der Waals surface area contributed by atoms with Gasteiger partial charge in [-0.3, -0.25) is 4.79 Å². The number of carbonyl (C=O) groups excluding carboxylic acids is 1. The molecule has 100 valence electrons. The molecule has 0 aromatic carbocycles. The van der Waals surface area contributed by atoms with E-state index in [2.05, 4.69) is 13.8 Å². The molecule has 5 heteroatoms. The molecule has 1 saturated heterocycles. The number of amides is 1. The first-order valence-corrected chi connectivity index (χ1v) is 8.17. The minimum absolute atomic E-state index is 0.165. The quantitative estimate of drug-likeness (QED) is 0.796. The van der Waals surface area contributed by atoms with Crippen LogP contribution < -0.4 is 0 Å². The number of hydrogen-bond acceptors (Lipinski definition) is 4. The lowest BCUT2D eigenvalue weighted by Crippen LogP contribution is -2.48. The maximum atomic E-state index is 12.5. The van der Waals surface area contributed by atoms with Crippen LogP contribution in [-0.2, 0) is 4.74 Å². The fourth-order valence-corrected chi connectivity index (χ4v) is 4.06. The third-order valence-corrected chi connectivity index (χ3v) is 5.22. The first-order valence-electron chi connectivity index (χ1n) is 6.37. The third kappa shape index (κ3) is 3.08. The first kappa shape index (κ1) is 13.9. The Morgan fingerprint density at radius 1 is 1.56 bits per heavy atom. The second-order valence-corrected chi connectivity index (χ2v) is 6.84. The van der Waals surface area contributed by atoms with Crippen LogP contribution >= 0.6 is 23.1 Å². The van der Waals surface area contributed by atoms with Gasteiger partial charge in [0.25, 0.3) is 5.91 Å². The normalized spacial score (nSPS) is 20.1. The van der Waals surface area contributed by atoms with Crippen molar-refractivity contribution in [3.63, 3.8) is 0 Å². The van der Waals surface area contributed by atoms with Gasteiger partial charge in [0.1, 0.15) is 0 Å². The summed E-state index contributed by atoms with van der Waals surface area (Å²) >= 11 is 3.39. The molecule has 18 heavy (non-hydrogen) atoms. The van der Waals surface area contributed by atoms with Crippen molar-refractivity contribution in [2.45, 2.75) is 30.5 Å². The molecule has 1 aromatic heterocycles. The molecule has 1 aliphatic rings. The van der Waals surface area contributed by atoms with Gasteiger partial charge < -0.3 is 9.64 Å². The molecule has 0 bridgehead atoms. The molecule has 2 heterocycles. The molecule has 1 amide bonds. The standard InChI is InChI=1S/C13H19NO2S2/c1-3-10-9-16-8-7-14(10)13(15)11-5-6-12(18-11)17-4-2/h5-6,10H,3-4,7-9H2,1-2H3. The van der Waals surface area contributed by atoms with E-state index in [0.717, 1.165) is 17.1 Å². The number of hydrogen-bond donors (Lipinski definition) is 0. The number of morpholine rings is 1. The molecule has 0 N–H and O–H groups in total. The number of rotatable bonds is 4. The van der Waals surface area contributed by atoms with Gasteiger partial charge in [-0.25, -0.2) is 0 Å². The Hall–Kier alpha value is -0.520. The van der Waals surface area contributed by atoms with Crippen LogP contribution in [0.2, 0.25) is 0 Å². The van der Waals surface area contributed by atoms with Crippen molar-refractivity contribution in [3.05, 3.63) is 17.0 Å². The Morgan fingerprint density at radius 3 is 3.11 bits per heavy atom. The molecular weight excluding hydrogens is 266 g/mol. The van der Waals surface area contributed by atoms with Gasteiger partial charge in [-0.15, -0.1) is 23.1 Å². The largest absolute Gasteiger partial charge is 0.377 e. The van der Waals surface area contributed by atoms with Gasteiger partial charge in [0.2, 0.25) is 0 Å². The zero-order valence-electron chi connectivity index (χ0n) is 10.8. The van der Waals surface area contributed by atoms with Gasteiger partial charge in [-0.2, -0.15) is 0 Å². The van der Waals surface area contributed by atoms with Crippen LogP contribution in [0.1, 0.15) is 29.9 Å². The van der Waals surface area contributed by atoms with E-state index < -0.39 is 0 Å². The van der Waals surface area contributed by atoms with Crippen LogP contribution in [-0.4, -0.2) is 42.4 Å². The first-order chi connectivity index (χ1) is 8.76. The average Bonchev–Trinajstić information content (AvgIpc) is 2.87. The van der Waals surface area contributed by atoms with Crippen molar-refractivity contribution in [1.82, 2.24) is 4.90 Å². The van der Waals surface area contributed by atoms with Crippen LogP contribution in [0.15, 0.2) is 16.3 Å². The lowest BCUT2D eigenvalue weighted by molar-refractivity contribution is -0.00253. The van der Waals surface area contributed by atoms with Gasteiger partial charge in [-0.05, 0) is 24.3 Å². The second-order valence-electron chi connectivity index (χ2n) is 4.19. The number of thioether (sulfide) groups is 1. The molecule has 0 saturated carbocycles. The third-order valence-electron chi connectivity index (χ3n) is 3.04. The monoisotopic (exact) mass is 285 g/mol. The molecule has 2 rings (SSSR count). The predicted octanol–water partition coefficient (Wildman–Crippen LogP) is 3.11. The molecular formula is C13H19NO2S2. The summed E-state index contributed by atoms with van der Waals surface area (Å²) in [6.45, 7) is 6.27. The van der Waals surface area contributed by atoms with Crippen LogP contribution in [0.3, 0.4) is 0 Å². The zero-order valence-corrected chi connectivity index (χ0v) is 12.5. The van der Waals surface area contributed by atoms with Crippen LogP contribution in [0.25, 0.3) is 0 Å². The SMILES string of the molecule is CCSc1ccc(C(=O)N2CCOCC2CC)s1. The highest BCUT2D eigenvalue weighted by atomic mass is 32.2. The van der Waals surface area contributed by atoms with Crippen molar-refractivity contribution in [3.8, 4) is 0 Å². The molecule has 0 spiro atoms. The molecule has 1 unspecified atom stereocenters. The molecule has 0 aliphatic carbocycles. The summed E-state index contributed by atoms with van der Waals surface area (Å²) in [5.74, 6) is 1.21. The van der Waals surface area contributed by atoms with E-state index in [9.17, 15) is 4.79 Å². The van der Waals surface area contributed by atoms with Gasteiger partial charge >= 0.3 is 0 Å². The highest BCUT2D eigenvalue weighted by Crippen LogP contribution is 2.28. The Morgan fingerprint density at radius 2 is 2.39 bits per heavy atom. The number of nitrogens with zero attached hydrogens (tertiary/aromatic N) is 1. The Labute approximate surface area is 117 Å². The van der Waals surface area contributed by atoms with Crippen molar-refractivity contribution in [2.75, 3.05) is 25.5 Å². The highest BCUT2D eigenvalue weighted by molar-refractivity contribution is 8.01. The topological polar surface area (TPSA) is 29.5 Å². The Bertz CT molecular complexity index is 405. The van der Waals surface area contributed by atoms with E-state index in [1.54, 1.807) is 23.1 Å². The van der Waals surface area contributed by atoms with Gasteiger partial charge in [-0.1, -0.05) is 13.8 Å². The Balaban J connectivity index is 2.08. The molecule has 0 radical (unpaired) electrons. The van der Waals surface area contributed by atoms with Crippen molar-refractivity contribution in [2.24, 2.45) is 0 Å². The van der Waals surface area contributed by atoms with Crippen molar-refractivity contribution in [1.29, 1.82) is 0 Å². The highest BCUT2D eigenvalue weighted by Gasteiger charge is 2.27. The molecule has 3 nitrogen and oxygen atoms in total.